The zero-order valence-electron chi connectivity index (χ0n) is 13.5. The first-order valence-electron chi connectivity index (χ1n) is 7.02. The number of alkyl halides is 3. The van der Waals surface area contributed by atoms with Gasteiger partial charge < -0.3 is 15.2 Å². The summed E-state index contributed by atoms with van der Waals surface area (Å²) in [5.74, 6) is -2.00. The van der Waals surface area contributed by atoms with E-state index in [9.17, 15) is 27.9 Å². The third kappa shape index (κ3) is 3.74. The van der Waals surface area contributed by atoms with Crippen LogP contribution in [0.5, 0.6) is 0 Å². The molecule has 136 valence electrons. The number of rotatable bonds is 5. The van der Waals surface area contributed by atoms with E-state index in [0.29, 0.717) is 10.9 Å². The van der Waals surface area contributed by atoms with Gasteiger partial charge in [-0.05, 0) is 31.5 Å². The van der Waals surface area contributed by atoms with E-state index in [-0.39, 0.29) is 16.3 Å². The van der Waals surface area contributed by atoms with Crippen molar-refractivity contribution in [3.05, 3.63) is 28.3 Å². The van der Waals surface area contributed by atoms with Crippen LogP contribution in [0.1, 0.15) is 27.9 Å². The Hall–Kier alpha value is -2.20. The highest BCUT2D eigenvalue weighted by atomic mass is 32.1. The van der Waals surface area contributed by atoms with E-state index < -0.39 is 29.3 Å². The maximum Gasteiger partial charge on any atom is 0.433 e. The van der Waals surface area contributed by atoms with E-state index in [4.69, 9.17) is 4.74 Å². The molecule has 0 aliphatic carbocycles. The van der Waals surface area contributed by atoms with Crippen molar-refractivity contribution in [3.8, 4) is 0 Å². The molecule has 0 saturated carbocycles. The fourth-order valence-electron chi connectivity index (χ4n) is 2.22. The number of nitrogens with one attached hydrogen (secondary N) is 1. The summed E-state index contributed by atoms with van der Waals surface area (Å²) in [6, 6.07) is 2.09. The van der Waals surface area contributed by atoms with Crippen LogP contribution < -0.4 is 5.32 Å². The topological polar surface area (TPSA) is 88.5 Å². The van der Waals surface area contributed by atoms with Gasteiger partial charge >= 0.3 is 12.1 Å². The number of halogens is 3. The van der Waals surface area contributed by atoms with E-state index in [1.807, 2.05) is 0 Å². The SMILES string of the molecule is COCC(C)(NC(=O)c1sc2nc(C(F)(F)F)ccc2c1C)C(=O)O. The second-order valence-electron chi connectivity index (χ2n) is 5.63. The van der Waals surface area contributed by atoms with Crippen molar-refractivity contribution in [1.82, 2.24) is 10.3 Å². The summed E-state index contributed by atoms with van der Waals surface area (Å²) in [5, 5.41) is 12.0. The average Bonchev–Trinajstić information content (AvgIpc) is 2.83. The highest BCUT2D eigenvalue weighted by Gasteiger charge is 2.37. The molecular formula is C15H15F3N2O4S. The van der Waals surface area contributed by atoms with E-state index in [2.05, 4.69) is 10.3 Å². The monoisotopic (exact) mass is 376 g/mol. The number of methoxy groups -OCH3 is 1. The zero-order valence-corrected chi connectivity index (χ0v) is 14.3. The number of carbonyl (C=O) groups excluding carboxylic acids is 1. The predicted octanol–water partition coefficient (Wildman–Crippen LogP) is 2.84. The first-order valence-corrected chi connectivity index (χ1v) is 7.83. The standard InChI is InChI=1S/C15H15F3N2O4S/c1-7-8-4-5-9(15(16,17)18)19-12(8)25-10(7)11(21)20-14(2,6-24-3)13(22)23/h4-5H,6H2,1-3H3,(H,20,21)(H,22,23). The van der Waals surface area contributed by atoms with Crippen LogP contribution in [0.2, 0.25) is 0 Å². The Morgan fingerprint density at radius 1 is 1.36 bits per heavy atom. The lowest BCUT2D eigenvalue weighted by Gasteiger charge is -2.25. The fourth-order valence-corrected chi connectivity index (χ4v) is 3.30. The van der Waals surface area contributed by atoms with Gasteiger partial charge in [0.2, 0.25) is 0 Å². The molecule has 1 amide bonds. The number of hydrogen-bond donors (Lipinski definition) is 2. The fraction of sp³-hybridized carbons (Fsp3) is 0.400. The van der Waals surface area contributed by atoms with Gasteiger partial charge in [0.05, 0.1) is 11.5 Å². The van der Waals surface area contributed by atoms with Crippen molar-refractivity contribution < 1.29 is 32.6 Å². The Balaban J connectivity index is 2.42. The smallest absolute Gasteiger partial charge is 0.433 e. The van der Waals surface area contributed by atoms with E-state index in [1.54, 1.807) is 6.92 Å². The molecule has 6 nitrogen and oxygen atoms in total. The molecule has 2 heterocycles. The van der Waals surface area contributed by atoms with Gasteiger partial charge in [0.15, 0.2) is 5.54 Å². The second-order valence-corrected chi connectivity index (χ2v) is 6.63. The summed E-state index contributed by atoms with van der Waals surface area (Å²) in [7, 11) is 1.29. The summed E-state index contributed by atoms with van der Waals surface area (Å²) < 4.78 is 43.1. The summed E-state index contributed by atoms with van der Waals surface area (Å²) >= 11 is 0.776. The summed E-state index contributed by atoms with van der Waals surface area (Å²) in [6.45, 7) is 2.57. The molecule has 0 fully saturated rings. The number of amides is 1. The van der Waals surface area contributed by atoms with E-state index >= 15 is 0 Å². The third-order valence-corrected chi connectivity index (χ3v) is 4.79. The number of nitrogens with zero attached hydrogens (tertiary/aromatic N) is 1. The van der Waals surface area contributed by atoms with Gasteiger partial charge in [0, 0.05) is 12.5 Å². The van der Waals surface area contributed by atoms with Gasteiger partial charge in [-0.15, -0.1) is 11.3 Å². The minimum absolute atomic E-state index is 0.0567. The van der Waals surface area contributed by atoms with Crippen molar-refractivity contribution in [2.45, 2.75) is 25.6 Å². The molecule has 1 atom stereocenters. The number of ether oxygens (including phenoxy) is 1. The molecular weight excluding hydrogens is 361 g/mol. The van der Waals surface area contributed by atoms with E-state index in [0.717, 1.165) is 17.4 Å². The van der Waals surface area contributed by atoms with Gasteiger partial charge in [0.25, 0.3) is 5.91 Å². The molecule has 10 heteroatoms. The van der Waals surface area contributed by atoms with Crippen molar-refractivity contribution in [1.29, 1.82) is 0 Å². The van der Waals surface area contributed by atoms with Gasteiger partial charge in [-0.2, -0.15) is 13.2 Å². The highest BCUT2D eigenvalue weighted by molar-refractivity contribution is 7.20. The van der Waals surface area contributed by atoms with Gasteiger partial charge in [0.1, 0.15) is 10.5 Å². The number of thiophene rings is 1. The molecule has 25 heavy (non-hydrogen) atoms. The molecule has 2 rings (SSSR count). The molecule has 0 spiro atoms. The van der Waals surface area contributed by atoms with Gasteiger partial charge in [-0.3, -0.25) is 4.79 Å². The maximum absolute atomic E-state index is 12.8. The quantitative estimate of drug-likeness (QED) is 0.838. The number of hydrogen-bond acceptors (Lipinski definition) is 5. The van der Waals surface area contributed by atoms with Crippen LogP contribution in [0.25, 0.3) is 10.2 Å². The summed E-state index contributed by atoms with van der Waals surface area (Å²) in [5.41, 5.74) is -2.29. The lowest BCUT2D eigenvalue weighted by Crippen LogP contribution is -2.55. The van der Waals surface area contributed by atoms with Crippen LogP contribution in [-0.4, -0.2) is 41.2 Å². The molecule has 0 aliphatic heterocycles. The molecule has 0 radical (unpaired) electrons. The Kier molecular flexibility index (Phi) is 5.05. The van der Waals surface area contributed by atoms with E-state index in [1.165, 1.54) is 20.1 Å². The number of carboxylic acid groups (broad SMARTS) is 1. The van der Waals surface area contributed by atoms with Gasteiger partial charge in [-0.1, -0.05) is 0 Å². The normalized spacial score (nSPS) is 14.3. The molecule has 0 bridgehead atoms. The minimum Gasteiger partial charge on any atom is -0.479 e. The second kappa shape index (κ2) is 6.60. The molecule has 0 aliphatic rings. The number of carbonyl (C=O) groups is 2. The summed E-state index contributed by atoms with van der Waals surface area (Å²) in [4.78, 5) is 27.5. The minimum atomic E-state index is -4.59. The average molecular weight is 376 g/mol. The number of fused-ring (bicyclic) bond motifs is 1. The lowest BCUT2D eigenvalue weighted by atomic mass is 10.0. The van der Waals surface area contributed by atoms with Crippen LogP contribution in [0.4, 0.5) is 13.2 Å². The van der Waals surface area contributed by atoms with Gasteiger partial charge in [-0.25, -0.2) is 9.78 Å². The van der Waals surface area contributed by atoms with Crippen LogP contribution in [0.15, 0.2) is 12.1 Å². The molecule has 2 aromatic rings. The third-order valence-electron chi connectivity index (χ3n) is 3.59. The van der Waals surface area contributed by atoms with Crippen LogP contribution in [0.3, 0.4) is 0 Å². The lowest BCUT2D eigenvalue weighted by molar-refractivity contribution is -0.146. The number of aryl methyl sites for hydroxylation is 1. The molecule has 2 aromatic heterocycles. The Labute approximate surface area is 144 Å². The molecule has 1 unspecified atom stereocenters. The predicted molar refractivity (Wildman–Crippen MR) is 84.7 cm³/mol. The molecule has 2 N–H and O–H groups in total. The van der Waals surface area contributed by atoms with Crippen molar-refractivity contribution >= 4 is 33.4 Å². The largest absolute Gasteiger partial charge is 0.479 e. The maximum atomic E-state index is 12.8. The summed E-state index contributed by atoms with van der Waals surface area (Å²) in [6.07, 6.45) is -4.59. The van der Waals surface area contributed by atoms with Crippen molar-refractivity contribution in [2.24, 2.45) is 0 Å². The Morgan fingerprint density at radius 3 is 2.52 bits per heavy atom. The van der Waals surface area contributed by atoms with Crippen LogP contribution in [0, 0.1) is 6.92 Å². The Bertz CT molecular complexity index is 834. The Morgan fingerprint density at radius 2 is 2.00 bits per heavy atom. The van der Waals surface area contributed by atoms with Crippen molar-refractivity contribution in [2.75, 3.05) is 13.7 Å². The highest BCUT2D eigenvalue weighted by Crippen LogP contribution is 2.34. The van der Waals surface area contributed by atoms with Crippen LogP contribution in [-0.2, 0) is 15.7 Å². The zero-order chi connectivity index (χ0) is 19.0. The number of aliphatic carboxylic acids is 1. The first kappa shape index (κ1) is 19.1. The number of aromatic nitrogens is 1. The molecule has 0 saturated heterocycles. The van der Waals surface area contributed by atoms with Crippen molar-refractivity contribution in [3.63, 3.8) is 0 Å². The van der Waals surface area contributed by atoms with Crippen LogP contribution >= 0.6 is 11.3 Å². The molecule has 0 aromatic carbocycles. The number of carboxylic acids is 1. The number of pyridine rings is 1. The first-order chi connectivity index (χ1) is 11.5.